The highest BCUT2D eigenvalue weighted by atomic mass is 32.2. The summed E-state index contributed by atoms with van der Waals surface area (Å²) in [7, 11) is -4.48. The van der Waals surface area contributed by atoms with Crippen LogP contribution in [-0.4, -0.2) is 37.3 Å². The van der Waals surface area contributed by atoms with Crippen molar-refractivity contribution >= 4 is 15.6 Å². The molecule has 3 aromatic carbocycles. The Morgan fingerprint density at radius 3 is 1.79 bits per heavy atom. The molecule has 15 heteroatoms. The first-order chi connectivity index (χ1) is 22.3. The van der Waals surface area contributed by atoms with E-state index in [-0.39, 0.29) is 48.5 Å². The molecule has 0 amide bonds. The van der Waals surface area contributed by atoms with Gasteiger partial charge in [-0.3, -0.25) is 4.79 Å². The zero-order valence-electron chi connectivity index (χ0n) is 25.0. The highest BCUT2D eigenvalue weighted by molar-refractivity contribution is 7.92. The summed E-state index contributed by atoms with van der Waals surface area (Å²) in [6.45, 7) is -1.75. The zero-order valence-corrected chi connectivity index (χ0v) is 25.8. The van der Waals surface area contributed by atoms with Gasteiger partial charge in [-0.1, -0.05) is 30.3 Å². The molecule has 0 radical (unpaired) electrons. The van der Waals surface area contributed by atoms with Gasteiger partial charge in [0.25, 0.3) is 5.60 Å². The molecule has 3 aromatic rings. The highest BCUT2D eigenvalue weighted by Gasteiger charge is 2.73. The summed E-state index contributed by atoms with van der Waals surface area (Å²) in [4.78, 5) is 12.2. The average molecular weight is 709 g/mol. The van der Waals surface area contributed by atoms with Crippen LogP contribution in [0.15, 0.2) is 71.6 Å². The Morgan fingerprint density at radius 2 is 1.31 bits per heavy atom. The molecule has 0 spiro atoms. The van der Waals surface area contributed by atoms with E-state index in [1.165, 1.54) is 0 Å². The summed E-state index contributed by atoms with van der Waals surface area (Å²) in [5.74, 6) is -4.36. The number of rotatable bonds is 10. The topological polar surface area (TPSA) is 80.7 Å². The molecule has 1 N–H and O–H groups in total. The van der Waals surface area contributed by atoms with Gasteiger partial charge >= 0.3 is 12.4 Å². The largest absolute Gasteiger partial charge is 0.430 e. The smallest absolute Gasteiger partial charge is 0.382 e. The number of benzene rings is 3. The van der Waals surface area contributed by atoms with Gasteiger partial charge in [0.2, 0.25) is 0 Å². The van der Waals surface area contributed by atoms with E-state index in [0.29, 0.717) is 37.1 Å². The number of carbonyl (C=O) groups is 1. The van der Waals surface area contributed by atoms with Crippen molar-refractivity contribution in [1.29, 1.82) is 0 Å². The summed E-state index contributed by atoms with van der Waals surface area (Å²) < 4.78 is 160. The van der Waals surface area contributed by atoms with Crippen LogP contribution >= 0.6 is 0 Å². The molecule has 0 bridgehead atoms. The number of ketones is 1. The van der Waals surface area contributed by atoms with Crippen molar-refractivity contribution in [3.8, 4) is 0 Å². The van der Waals surface area contributed by atoms with Crippen LogP contribution in [0.2, 0.25) is 0 Å². The van der Waals surface area contributed by atoms with Crippen LogP contribution in [0, 0.1) is 23.4 Å². The van der Waals surface area contributed by atoms with Gasteiger partial charge in [-0.15, -0.1) is 0 Å². The molecule has 0 aliphatic heterocycles. The van der Waals surface area contributed by atoms with E-state index >= 15 is 0 Å². The number of ether oxygens (including phenoxy) is 1. The quantitative estimate of drug-likeness (QED) is 0.171. The van der Waals surface area contributed by atoms with Crippen molar-refractivity contribution < 1.29 is 62.6 Å². The lowest BCUT2D eigenvalue weighted by atomic mass is 9.75. The molecular formula is C33H29F9O5S. The zero-order chi connectivity index (χ0) is 35.3. The van der Waals surface area contributed by atoms with Crippen LogP contribution in [0.4, 0.5) is 39.5 Å². The lowest BCUT2D eigenvalue weighted by Crippen LogP contribution is -2.56. The number of alkyl halides is 6. The van der Waals surface area contributed by atoms with E-state index in [1.807, 2.05) is 0 Å². The van der Waals surface area contributed by atoms with E-state index in [1.54, 1.807) is 0 Å². The monoisotopic (exact) mass is 708 g/mol. The van der Waals surface area contributed by atoms with E-state index in [9.17, 15) is 57.8 Å². The second kappa shape index (κ2) is 12.5. The second-order valence-electron chi connectivity index (χ2n) is 12.3. The summed E-state index contributed by atoms with van der Waals surface area (Å²) in [5.41, 5.74) is -9.33. The SMILES string of the molecule is O=C(CC1CCC(c2ccc(C(OCc3c(F)cccc3F)(C(F)(F)F)C(F)(F)F)cc2)(S(=O)(=O)c2ccc(F)cc2)CC1)C1(O)CC1. The van der Waals surface area contributed by atoms with Gasteiger partial charge in [-0.2, -0.15) is 26.3 Å². The number of sulfone groups is 1. The van der Waals surface area contributed by atoms with Gasteiger partial charge in [0.05, 0.1) is 11.5 Å². The Hall–Kier alpha value is -3.43. The van der Waals surface area contributed by atoms with Gasteiger partial charge in [0.15, 0.2) is 15.6 Å². The van der Waals surface area contributed by atoms with Gasteiger partial charge in [-0.05, 0) is 86.4 Å². The summed E-state index contributed by atoms with van der Waals surface area (Å²) in [6.07, 6.45) is -12.0. The third kappa shape index (κ3) is 6.24. The number of hydrogen-bond acceptors (Lipinski definition) is 5. The molecule has 2 fully saturated rings. The first kappa shape index (κ1) is 35.9. The molecule has 2 aliphatic rings. The number of aliphatic hydroxyl groups is 1. The molecule has 2 saturated carbocycles. The summed E-state index contributed by atoms with van der Waals surface area (Å²) >= 11 is 0. The summed E-state index contributed by atoms with van der Waals surface area (Å²) in [6, 6.07) is 8.33. The molecule has 5 rings (SSSR count). The van der Waals surface area contributed by atoms with E-state index in [0.717, 1.165) is 42.5 Å². The second-order valence-corrected chi connectivity index (χ2v) is 14.6. The molecule has 0 unspecified atom stereocenters. The molecular weight excluding hydrogens is 679 g/mol. The third-order valence-corrected chi connectivity index (χ3v) is 11.9. The van der Waals surface area contributed by atoms with E-state index < -0.39 is 79.1 Å². The third-order valence-electron chi connectivity index (χ3n) is 9.38. The fourth-order valence-corrected chi connectivity index (χ4v) is 8.51. The van der Waals surface area contributed by atoms with Gasteiger partial charge in [0, 0.05) is 17.5 Å². The van der Waals surface area contributed by atoms with Crippen molar-refractivity contribution in [2.75, 3.05) is 0 Å². The minimum atomic E-state index is -6.21. The van der Waals surface area contributed by atoms with Crippen LogP contribution in [0.5, 0.6) is 0 Å². The molecule has 5 nitrogen and oxygen atoms in total. The Morgan fingerprint density at radius 1 is 0.792 bits per heavy atom. The van der Waals surface area contributed by atoms with Crippen molar-refractivity contribution in [1.82, 2.24) is 0 Å². The van der Waals surface area contributed by atoms with E-state index in [2.05, 4.69) is 4.74 Å². The fraction of sp³-hybridized carbons (Fsp3) is 0.424. The predicted molar refractivity (Wildman–Crippen MR) is 152 cm³/mol. The Balaban J connectivity index is 1.56. The lowest BCUT2D eigenvalue weighted by molar-refractivity contribution is -0.392. The molecule has 260 valence electrons. The van der Waals surface area contributed by atoms with Gasteiger partial charge in [0.1, 0.15) is 27.8 Å². The normalized spacial score (nSPS) is 21.6. The van der Waals surface area contributed by atoms with Crippen LogP contribution in [0.1, 0.15) is 61.6 Å². The van der Waals surface area contributed by atoms with E-state index in [4.69, 9.17) is 0 Å². The molecule has 0 saturated heterocycles. The Labute approximate surface area is 269 Å². The van der Waals surface area contributed by atoms with Gasteiger partial charge < -0.3 is 9.84 Å². The first-order valence-electron chi connectivity index (χ1n) is 14.8. The summed E-state index contributed by atoms with van der Waals surface area (Å²) in [5, 5.41) is 10.2. The number of Topliss-reactive ketones (excluding diaryl/α,β-unsaturated/α-hetero) is 1. The average Bonchev–Trinajstić information content (AvgIpc) is 3.77. The molecule has 48 heavy (non-hydrogen) atoms. The molecule has 0 heterocycles. The van der Waals surface area contributed by atoms with Crippen molar-refractivity contribution in [2.45, 2.75) is 84.7 Å². The number of hydrogen-bond donors (Lipinski definition) is 1. The van der Waals surface area contributed by atoms with Gasteiger partial charge in [-0.25, -0.2) is 21.6 Å². The first-order valence-corrected chi connectivity index (χ1v) is 16.3. The Kier molecular flexibility index (Phi) is 9.32. The minimum Gasteiger partial charge on any atom is -0.382 e. The van der Waals surface area contributed by atoms with Crippen LogP contribution in [0.25, 0.3) is 0 Å². The Bertz CT molecular complexity index is 1720. The maximum Gasteiger partial charge on any atom is 0.430 e. The molecule has 0 aromatic heterocycles. The fourth-order valence-electron chi connectivity index (χ4n) is 6.34. The predicted octanol–water partition coefficient (Wildman–Crippen LogP) is 7.98. The number of carbonyl (C=O) groups excluding carboxylic acids is 1. The van der Waals surface area contributed by atoms with Crippen molar-refractivity contribution in [2.24, 2.45) is 5.92 Å². The van der Waals surface area contributed by atoms with Crippen LogP contribution in [-0.2, 0) is 36.3 Å². The minimum absolute atomic E-state index is 0.0399. The van der Waals surface area contributed by atoms with Crippen molar-refractivity contribution in [3.63, 3.8) is 0 Å². The van der Waals surface area contributed by atoms with Crippen LogP contribution < -0.4 is 0 Å². The maximum absolute atomic E-state index is 14.5. The lowest BCUT2D eigenvalue weighted by Gasteiger charge is -2.41. The highest BCUT2D eigenvalue weighted by Crippen LogP contribution is 2.55. The molecule has 2 aliphatic carbocycles. The van der Waals surface area contributed by atoms with Crippen molar-refractivity contribution in [3.05, 3.63) is 101 Å². The standard InChI is InChI=1S/C33H29F9O5S/c34-23-8-10-24(11-9-23)48(45,46)30(14-12-20(13-15-30)18-28(43)29(44)16-17-29)21-4-6-22(7-5-21)31(32(37,38)39,33(40,41)42)47-19-25-26(35)2-1-3-27(25)36/h1-11,20,44H,12-19H2. The van der Waals surface area contributed by atoms with Crippen LogP contribution in [0.3, 0.4) is 0 Å². The maximum atomic E-state index is 14.5. The molecule has 0 atom stereocenters. The number of halogens is 9.